The van der Waals surface area contributed by atoms with Crippen LogP contribution in [-0.4, -0.2) is 30.6 Å². The van der Waals surface area contributed by atoms with Gasteiger partial charge in [-0.25, -0.2) is 4.98 Å². The highest BCUT2D eigenvalue weighted by Gasteiger charge is 2.02. The van der Waals surface area contributed by atoms with E-state index in [1.54, 1.807) is 18.3 Å². The number of carbonyl (C=O) groups is 1. The molecule has 1 aromatic rings. The summed E-state index contributed by atoms with van der Waals surface area (Å²) in [6.07, 6.45) is 2.05. The molecule has 0 spiro atoms. The van der Waals surface area contributed by atoms with E-state index in [0.29, 0.717) is 31.1 Å². The SMILES string of the molecule is CCNCCC(=O)Nc1ccc(OCC)nc1. The lowest BCUT2D eigenvalue weighted by Crippen LogP contribution is -2.21. The van der Waals surface area contributed by atoms with Gasteiger partial charge in [0, 0.05) is 19.0 Å². The Morgan fingerprint density at radius 3 is 2.82 bits per heavy atom. The van der Waals surface area contributed by atoms with Crippen molar-refractivity contribution in [3.05, 3.63) is 18.3 Å². The van der Waals surface area contributed by atoms with Crippen LogP contribution in [0.2, 0.25) is 0 Å². The fourth-order valence-corrected chi connectivity index (χ4v) is 1.29. The summed E-state index contributed by atoms with van der Waals surface area (Å²) in [5.74, 6) is 0.551. The summed E-state index contributed by atoms with van der Waals surface area (Å²) in [6, 6.07) is 3.52. The van der Waals surface area contributed by atoms with Crippen LogP contribution in [0.3, 0.4) is 0 Å². The van der Waals surface area contributed by atoms with Crippen LogP contribution >= 0.6 is 0 Å². The van der Waals surface area contributed by atoms with E-state index in [4.69, 9.17) is 4.74 Å². The van der Waals surface area contributed by atoms with Gasteiger partial charge in [0.1, 0.15) is 0 Å². The fourth-order valence-electron chi connectivity index (χ4n) is 1.29. The van der Waals surface area contributed by atoms with Crippen molar-refractivity contribution < 1.29 is 9.53 Å². The van der Waals surface area contributed by atoms with Crippen molar-refractivity contribution in [1.82, 2.24) is 10.3 Å². The van der Waals surface area contributed by atoms with E-state index in [1.165, 1.54) is 0 Å². The van der Waals surface area contributed by atoms with E-state index >= 15 is 0 Å². The number of nitrogens with zero attached hydrogens (tertiary/aromatic N) is 1. The van der Waals surface area contributed by atoms with Crippen LogP contribution in [-0.2, 0) is 4.79 Å². The Balaban J connectivity index is 2.37. The number of carbonyl (C=O) groups excluding carboxylic acids is 1. The van der Waals surface area contributed by atoms with Gasteiger partial charge in [0.25, 0.3) is 0 Å². The normalized spacial score (nSPS) is 10.0. The third kappa shape index (κ3) is 5.31. The van der Waals surface area contributed by atoms with Gasteiger partial charge >= 0.3 is 0 Å². The smallest absolute Gasteiger partial charge is 0.225 e. The molecule has 0 saturated carbocycles. The quantitative estimate of drug-likeness (QED) is 0.704. The van der Waals surface area contributed by atoms with Crippen molar-refractivity contribution >= 4 is 11.6 Å². The van der Waals surface area contributed by atoms with Gasteiger partial charge in [0.15, 0.2) is 0 Å². The molecule has 0 aliphatic carbocycles. The first-order valence-electron chi connectivity index (χ1n) is 5.85. The third-order valence-electron chi connectivity index (χ3n) is 2.09. The standard InChI is InChI=1S/C12H19N3O2/c1-3-13-8-7-11(16)15-10-5-6-12(14-9-10)17-4-2/h5-6,9,13H,3-4,7-8H2,1-2H3,(H,15,16). The number of rotatable bonds is 7. The molecule has 0 aliphatic rings. The van der Waals surface area contributed by atoms with Gasteiger partial charge in [-0.2, -0.15) is 0 Å². The van der Waals surface area contributed by atoms with Crippen molar-refractivity contribution in [2.75, 3.05) is 25.0 Å². The summed E-state index contributed by atoms with van der Waals surface area (Å²) < 4.78 is 5.21. The predicted molar refractivity (Wildman–Crippen MR) is 67.2 cm³/mol. The Morgan fingerprint density at radius 1 is 1.41 bits per heavy atom. The number of aromatic nitrogens is 1. The fraction of sp³-hybridized carbons (Fsp3) is 0.500. The Bertz CT molecular complexity index is 338. The molecule has 17 heavy (non-hydrogen) atoms. The minimum Gasteiger partial charge on any atom is -0.478 e. The summed E-state index contributed by atoms with van der Waals surface area (Å²) in [5, 5.41) is 5.87. The zero-order valence-electron chi connectivity index (χ0n) is 10.3. The Morgan fingerprint density at radius 2 is 2.24 bits per heavy atom. The average molecular weight is 237 g/mol. The van der Waals surface area contributed by atoms with Crippen LogP contribution < -0.4 is 15.4 Å². The molecule has 1 amide bonds. The van der Waals surface area contributed by atoms with Crippen LogP contribution in [0.5, 0.6) is 5.88 Å². The molecule has 0 aliphatic heterocycles. The van der Waals surface area contributed by atoms with E-state index in [2.05, 4.69) is 15.6 Å². The maximum absolute atomic E-state index is 11.5. The first-order chi connectivity index (χ1) is 8.26. The Kier molecular flexibility index (Phi) is 6.03. The molecule has 0 aromatic carbocycles. The zero-order chi connectivity index (χ0) is 12.5. The predicted octanol–water partition coefficient (Wildman–Crippen LogP) is 1.42. The second-order valence-corrected chi connectivity index (χ2v) is 3.47. The van der Waals surface area contributed by atoms with Gasteiger partial charge in [-0.15, -0.1) is 0 Å². The number of ether oxygens (including phenoxy) is 1. The number of anilines is 1. The maximum atomic E-state index is 11.5. The number of hydrogen-bond acceptors (Lipinski definition) is 4. The van der Waals surface area contributed by atoms with Crippen LogP contribution in [0.1, 0.15) is 20.3 Å². The minimum absolute atomic E-state index is 0.0168. The van der Waals surface area contributed by atoms with Gasteiger partial charge in [-0.05, 0) is 19.5 Å². The molecule has 2 N–H and O–H groups in total. The maximum Gasteiger partial charge on any atom is 0.225 e. The molecule has 0 radical (unpaired) electrons. The molecular weight excluding hydrogens is 218 g/mol. The lowest BCUT2D eigenvalue weighted by Gasteiger charge is -2.06. The van der Waals surface area contributed by atoms with Gasteiger partial charge in [-0.3, -0.25) is 4.79 Å². The lowest BCUT2D eigenvalue weighted by molar-refractivity contribution is -0.116. The number of hydrogen-bond donors (Lipinski definition) is 2. The third-order valence-corrected chi connectivity index (χ3v) is 2.09. The molecule has 1 aromatic heterocycles. The summed E-state index contributed by atoms with van der Waals surface area (Å²) in [5.41, 5.74) is 0.690. The number of nitrogens with one attached hydrogen (secondary N) is 2. The molecule has 5 nitrogen and oxygen atoms in total. The second-order valence-electron chi connectivity index (χ2n) is 3.47. The average Bonchev–Trinajstić information content (AvgIpc) is 2.32. The van der Waals surface area contributed by atoms with Crippen molar-refractivity contribution in [2.24, 2.45) is 0 Å². The van der Waals surface area contributed by atoms with Crippen molar-refractivity contribution in [3.8, 4) is 5.88 Å². The number of amides is 1. The molecule has 0 unspecified atom stereocenters. The summed E-state index contributed by atoms with van der Waals surface area (Å²) >= 11 is 0. The summed E-state index contributed by atoms with van der Waals surface area (Å²) in [6.45, 7) is 6.05. The van der Waals surface area contributed by atoms with Gasteiger partial charge in [0.2, 0.25) is 11.8 Å². The first kappa shape index (κ1) is 13.4. The largest absolute Gasteiger partial charge is 0.478 e. The van der Waals surface area contributed by atoms with Crippen LogP contribution in [0.25, 0.3) is 0 Å². The molecule has 1 rings (SSSR count). The van der Waals surface area contributed by atoms with Crippen LogP contribution in [0.15, 0.2) is 18.3 Å². The molecule has 0 fully saturated rings. The van der Waals surface area contributed by atoms with E-state index in [0.717, 1.165) is 6.54 Å². The topological polar surface area (TPSA) is 63.2 Å². The van der Waals surface area contributed by atoms with Crippen LogP contribution in [0, 0.1) is 0 Å². The van der Waals surface area contributed by atoms with E-state index in [1.807, 2.05) is 13.8 Å². The molecule has 1 heterocycles. The van der Waals surface area contributed by atoms with E-state index < -0.39 is 0 Å². The van der Waals surface area contributed by atoms with E-state index in [9.17, 15) is 4.79 Å². The van der Waals surface area contributed by atoms with Crippen molar-refractivity contribution in [1.29, 1.82) is 0 Å². The second kappa shape index (κ2) is 7.62. The lowest BCUT2D eigenvalue weighted by atomic mass is 10.3. The molecule has 0 bridgehead atoms. The summed E-state index contributed by atoms with van der Waals surface area (Å²) in [4.78, 5) is 15.6. The number of pyridine rings is 1. The van der Waals surface area contributed by atoms with Gasteiger partial charge in [-0.1, -0.05) is 6.92 Å². The minimum atomic E-state index is -0.0168. The molecule has 94 valence electrons. The summed E-state index contributed by atoms with van der Waals surface area (Å²) in [7, 11) is 0. The zero-order valence-corrected chi connectivity index (χ0v) is 10.3. The Hall–Kier alpha value is -1.62. The van der Waals surface area contributed by atoms with Crippen molar-refractivity contribution in [2.45, 2.75) is 20.3 Å². The van der Waals surface area contributed by atoms with E-state index in [-0.39, 0.29) is 5.91 Å². The molecule has 0 saturated heterocycles. The molecular formula is C12H19N3O2. The highest BCUT2D eigenvalue weighted by molar-refractivity contribution is 5.90. The van der Waals surface area contributed by atoms with Crippen LogP contribution in [0.4, 0.5) is 5.69 Å². The van der Waals surface area contributed by atoms with Gasteiger partial charge in [0.05, 0.1) is 18.5 Å². The highest BCUT2D eigenvalue weighted by atomic mass is 16.5. The molecule has 5 heteroatoms. The van der Waals surface area contributed by atoms with Gasteiger partial charge < -0.3 is 15.4 Å². The Labute approximate surface area is 102 Å². The first-order valence-corrected chi connectivity index (χ1v) is 5.85. The van der Waals surface area contributed by atoms with Crippen molar-refractivity contribution in [3.63, 3.8) is 0 Å². The highest BCUT2D eigenvalue weighted by Crippen LogP contribution is 2.11. The molecule has 0 atom stereocenters. The monoisotopic (exact) mass is 237 g/mol.